The molecular weight excluding hydrogens is 224 g/mol. The number of nitrogens with two attached hydrogens (primary N) is 1. The molecule has 0 saturated heterocycles. The molecule has 0 atom stereocenters. The molecule has 1 aromatic heterocycles. The number of ether oxygens (including phenoxy) is 1. The van der Waals surface area contributed by atoms with Gasteiger partial charge in [0, 0.05) is 12.3 Å². The van der Waals surface area contributed by atoms with E-state index in [0.29, 0.717) is 12.4 Å². The Bertz CT molecular complexity index is 521. The fraction of sp³-hybridized carbons (Fsp3) is 0.267. The number of pyridine rings is 1. The lowest BCUT2D eigenvalue weighted by molar-refractivity contribution is 0.458. The van der Waals surface area contributed by atoms with Gasteiger partial charge in [0.05, 0.1) is 0 Å². The van der Waals surface area contributed by atoms with Gasteiger partial charge in [0.25, 0.3) is 0 Å². The molecule has 94 valence electrons. The van der Waals surface area contributed by atoms with E-state index in [-0.39, 0.29) is 0 Å². The van der Waals surface area contributed by atoms with Crippen LogP contribution in [0.4, 0.5) is 0 Å². The Balaban J connectivity index is 2.15. The van der Waals surface area contributed by atoms with E-state index in [1.165, 1.54) is 5.56 Å². The predicted octanol–water partition coefficient (Wildman–Crippen LogP) is 2.99. The third-order valence-corrected chi connectivity index (χ3v) is 2.79. The first-order chi connectivity index (χ1) is 8.69. The summed E-state index contributed by atoms with van der Waals surface area (Å²) in [6, 6.07) is 10.0. The van der Waals surface area contributed by atoms with Gasteiger partial charge in [-0.25, -0.2) is 4.98 Å². The van der Waals surface area contributed by atoms with Crippen molar-refractivity contribution in [3.05, 3.63) is 53.2 Å². The van der Waals surface area contributed by atoms with Crippen LogP contribution >= 0.6 is 0 Å². The van der Waals surface area contributed by atoms with Gasteiger partial charge < -0.3 is 10.5 Å². The SMILES string of the molecule is Cc1ccc(C)c(Oc2ccc(CCN)cn2)c1. The van der Waals surface area contributed by atoms with Crippen LogP contribution in [0.5, 0.6) is 11.6 Å². The van der Waals surface area contributed by atoms with Gasteiger partial charge in [-0.1, -0.05) is 18.2 Å². The lowest BCUT2D eigenvalue weighted by Crippen LogP contribution is -2.03. The minimum atomic E-state index is 0.615. The molecule has 3 heteroatoms. The topological polar surface area (TPSA) is 48.1 Å². The molecule has 0 bridgehead atoms. The molecule has 1 aromatic carbocycles. The Labute approximate surface area is 108 Å². The molecule has 0 aliphatic carbocycles. The van der Waals surface area contributed by atoms with Crippen LogP contribution < -0.4 is 10.5 Å². The first kappa shape index (κ1) is 12.6. The van der Waals surface area contributed by atoms with Crippen molar-refractivity contribution in [1.82, 2.24) is 4.98 Å². The fourth-order valence-electron chi connectivity index (χ4n) is 1.72. The van der Waals surface area contributed by atoms with Crippen LogP contribution in [-0.2, 0) is 6.42 Å². The molecule has 2 aromatic rings. The van der Waals surface area contributed by atoms with E-state index >= 15 is 0 Å². The van der Waals surface area contributed by atoms with Crippen LogP contribution in [0.15, 0.2) is 36.5 Å². The highest BCUT2D eigenvalue weighted by Gasteiger charge is 2.03. The van der Waals surface area contributed by atoms with Crippen molar-refractivity contribution in [2.45, 2.75) is 20.3 Å². The summed E-state index contributed by atoms with van der Waals surface area (Å²) in [6.07, 6.45) is 2.66. The van der Waals surface area contributed by atoms with Gasteiger partial charge in [0.1, 0.15) is 5.75 Å². The molecule has 0 aliphatic rings. The number of rotatable bonds is 4. The number of aromatic nitrogens is 1. The molecule has 2 N–H and O–H groups in total. The molecular formula is C15H18N2O. The van der Waals surface area contributed by atoms with Crippen molar-refractivity contribution in [3.63, 3.8) is 0 Å². The summed E-state index contributed by atoms with van der Waals surface area (Å²) in [5.41, 5.74) is 8.91. The summed E-state index contributed by atoms with van der Waals surface area (Å²) in [6.45, 7) is 4.71. The van der Waals surface area contributed by atoms with E-state index in [0.717, 1.165) is 23.3 Å². The average Bonchev–Trinajstić information content (AvgIpc) is 2.37. The summed E-state index contributed by atoms with van der Waals surface area (Å²) < 4.78 is 5.78. The second-order valence-electron chi connectivity index (χ2n) is 4.41. The molecule has 0 amide bonds. The highest BCUT2D eigenvalue weighted by molar-refractivity contribution is 5.38. The first-order valence-corrected chi connectivity index (χ1v) is 6.09. The molecule has 2 rings (SSSR count). The third-order valence-electron chi connectivity index (χ3n) is 2.79. The van der Waals surface area contributed by atoms with Crippen molar-refractivity contribution in [2.75, 3.05) is 6.54 Å². The maximum Gasteiger partial charge on any atom is 0.219 e. The Morgan fingerprint density at radius 2 is 2.00 bits per heavy atom. The molecule has 0 fully saturated rings. The van der Waals surface area contributed by atoms with Crippen LogP contribution in [-0.4, -0.2) is 11.5 Å². The molecule has 0 aliphatic heterocycles. The van der Waals surface area contributed by atoms with Crippen LogP contribution in [0.3, 0.4) is 0 Å². The third kappa shape index (κ3) is 3.08. The van der Waals surface area contributed by atoms with Crippen LogP contribution in [0.2, 0.25) is 0 Å². The van der Waals surface area contributed by atoms with Gasteiger partial charge in [-0.3, -0.25) is 0 Å². The summed E-state index contributed by atoms with van der Waals surface area (Å²) >= 11 is 0. The number of aryl methyl sites for hydroxylation is 2. The van der Waals surface area contributed by atoms with Gasteiger partial charge in [-0.05, 0) is 49.6 Å². The summed E-state index contributed by atoms with van der Waals surface area (Å²) in [7, 11) is 0. The Kier molecular flexibility index (Phi) is 3.95. The molecule has 0 radical (unpaired) electrons. The fourth-order valence-corrected chi connectivity index (χ4v) is 1.72. The minimum absolute atomic E-state index is 0.615. The van der Waals surface area contributed by atoms with Crippen LogP contribution in [0.1, 0.15) is 16.7 Å². The van der Waals surface area contributed by atoms with Gasteiger partial charge in [0.15, 0.2) is 0 Å². The highest BCUT2D eigenvalue weighted by Crippen LogP contribution is 2.24. The molecule has 18 heavy (non-hydrogen) atoms. The van der Waals surface area contributed by atoms with Gasteiger partial charge in [-0.15, -0.1) is 0 Å². The zero-order valence-electron chi connectivity index (χ0n) is 10.8. The highest BCUT2D eigenvalue weighted by atomic mass is 16.5. The zero-order chi connectivity index (χ0) is 13.0. The second kappa shape index (κ2) is 5.65. The number of hydrogen-bond donors (Lipinski definition) is 1. The van der Waals surface area contributed by atoms with Crippen molar-refractivity contribution < 1.29 is 4.74 Å². The average molecular weight is 242 g/mol. The van der Waals surface area contributed by atoms with Crippen LogP contribution in [0, 0.1) is 13.8 Å². The first-order valence-electron chi connectivity index (χ1n) is 6.09. The number of hydrogen-bond acceptors (Lipinski definition) is 3. The van der Waals surface area contributed by atoms with Gasteiger partial charge in [0.2, 0.25) is 5.88 Å². The Morgan fingerprint density at radius 1 is 1.17 bits per heavy atom. The van der Waals surface area contributed by atoms with Gasteiger partial charge in [-0.2, -0.15) is 0 Å². The van der Waals surface area contributed by atoms with E-state index in [1.807, 2.05) is 44.3 Å². The Hall–Kier alpha value is -1.87. The van der Waals surface area contributed by atoms with Crippen molar-refractivity contribution >= 4 is 0 Å². The van der Waals surface area contributed by atoms with Gasteiger partial charge >= 0.3 is 0 Å². The van der Waals surface area contributed by atoms with E-state index in [2.05, 4.69) is 11.1 Å². The molecule has 0 unspecified atom stereocenters. The number of benzene rings is 1. The maximum absolute atomic E-state index is 5.78. The smallest absolute Gasteiger partial charge is 0.219 e. The van der Waals surface area contributed by atoms with Crippen LogP contribution in [0.25, 0.3) is 0 Å². The van der Waals surface area contributed by atoms with E-state index in [4.69, 9.17) is 10.5 Å². The van der Waals surface area contributed by atoms with Crippen molar-refractivity contribution in [1.29, 1.82) is 0 Å². The maximum atomic E-state index is 5.78. The van der Waals surface area contributed by atoms with E-state index in [9.17, 15) is 0 Å². The normalized spacial score (nSPS) is 10.4. The minimum Gasteiger partial charge on any atom is -0.439 e. The lowest BCUT2D eigenvalue weighted by atomic mass is 10.1. The lowest BCUT2D eigenvalue weighted by Gasteiger charge is -2.09. The van der Waals surface area contributed by atoms with E-state index < -0.39 is 0 Å². The summed E-state index contributed by atoms with van der Waals surface area (Å²) in [5.74, 6) is 1.47. The summed E-state index contributed by atoms with van der Waals surface area (Å²) in [5, 5.41) is 0. The monoisotopic (exact) mass is 242 g/mol. The standard InChI is InChI=1S/C15H18N2O/c1-11-3-4-12(2)14(9-11)18-15-6-5-13(7-8-16)10-17-15/h3-6,9-10H,7-8,16H2,1-2H3. The largest absolute Gasteiger partial charge is 0.439 e. The second-order valence-corrected chi connectivity index (χ2v) is 4.41. The molecule has 0 spiro atoms. The molecule has 1 heterocycles. The van der Waals surface area contributed by atoms with E-state index in [1.54, 1.807) is 0 Å². The Morgan fingerprint density at radius 3 is 2.67 bits per heavy atom. The molecule has 3 nitrogen and oxygen atoms in total. The quantitative estimate of drug-likeness (QED) is 0.896. The number of nitrogens with zero attached hydrogens (tertiary/aromatic N) is 1. The summed E-state index contributed by atoms with van der Waals surface area (Å²) in [4.78, 5) is 4.29. The van der Waals surface area contributed by atoms with Crippen molar-refractivity contribution in [3.8, 4) is 11.6 Å². The molecule has 0 saturated carbocycles. The zero-order valence-corrected chi connectivity index (χ0v) is 10.8. The predicted molar refractivity (Wildman–Crippen MR) is 73.0 cm³/mol. The van der Waals surface area contributed by atoms with Crippen molar-refractivity contribution in [2.24, 2.45) is 5.73 Å².